The molecule has 1 fully saturated rings. The van der Waals surface area contributed by atoms with Gasteiger partial charge in [-0.25, -0.2) is 0 Å². The van der Waals surface area contributed by atoms with Crippen molar-refractivity contribution >= 4 is 0 Å². The van der Waals surface area contributed by atoms with Gasteiger partial charge in [-0.3, -0.25) is 0 Å². The quantitative estimate of drug-likeness (QED) is 0.761. The number of hydrogen-bond donors (Lipinski definition) is 1. The molecule has 3 nitrogen and oxygen atoms in total. The Bertz CT molecular complexity index is 198. The van der Waals surface area contributed by atoms with E-state index in [0.717, 1.165) is 25.9 Å². The molecule has 0 aromatic heterocycles. The van der Waals surface area contributed by atoms with E-state index in [4.69, 9.17) is 15.2 Å². The van der Waals surface area contributed by atoms with Crippen molar-refractivity contribution < 1.29 is 9.47 Å². The van der Waals surface area contributed by atoms with Crippen molar-refractivity contribution in [2.24, 2.45) is 5.73 Å². The topological polar surface area (TPSA) is 44.5 Å². The summed E-state index contributed by atoms with van der Waals surface area (Å²) in [5.74, 6) is 0. The van der Waals surface area contributed by atoms with Crippen molar-refractivity contribution in [1.29, 1.82) is 0 Å². The third kappa shape index (κ3) is 4.04. The summed E-state index contributed by atoms with van der Waals surface area (Å²) >= 11 is 0. The minimum absolute atomic E-state index is 0.0396. The average Bonchev–Trinajstić information content (AvgIpc) is 2.30. The third-order valence-corrected chi connectivity index (χ3v) is 3.80. The van der Waals surface area contributed by atoms with Crippen molar-refractivity contribution in [2.75, 3.05) is 20.3 Å². The number of rotatable bonds is 6. The minimum Gasteiger partial charge on any atom is -0.379 e. The molecule has 2 N–H and O–H groups in total. The van der Waals surface area contributed by atoms with Crippen LogP contribution >= 0.6 is 0 Å². The molecule has 0 radical (unpaired) electrons. The molecule has 0 unspecified atom stereocenters. The predicted octanol–water partition coefficient (Wildman–Crippen LogP) is 2.48. The summed E-state index contributed by atoms with van der Waals surface area (Å²) < 4.78 is 11.4. The summed E-state index contributed by atoms with van der Waals surface area (Å²) in [6.07, 6.45) is 7.00. The van der Waals surface area contributed by atoms with Crippen LogP contribution in [0.25, 0.3) is 0 Å². The van der Waals surface area contributed by atoms with Gasteiger partial charge in [-0.1, -0.05) is 19.3 Å². The Labute approximate surface area is 99.7 Å². The average molecular weight is 229 g/mol. The van der Waals surface area contributed by atoms with Crippen molar-refractivity contribution in [3.8, 4) is 0 Å². The Hall–Kier alpha value is -0.120. The lowest BCUT2D eigenvalue weighted by molar-refractivity contribution is -0.0868. The molecule has 0 aliphatic heterocycles. The van der Waals surface area contributed by atoms with Crippen molar-refractivity contribution in [3.63, 3.8) is 0 Å². The van der Waals surface area contributed by atoms with E-state index in [1.165, 1.54) is 19.3 Å². The van der Waals surface area contributed by atoms with Gasteiger partial charge in [0.05, 0.1) is 17.8 Å². The molecule has 0 aromatic rings. The lowest BCUT2D eigenvalue weighted by Gasteiger charge is -2.37. The third-order valence-electron chi connectivity index (χ3n) is 3.80. The zero-order valence-electron chi connectivity index (χ0n) is 11.1. The van der Waals surface area contributed by atoms with Crippen LogP contribution in [0.4, 0.5) is 0 Å². The normalized spacial score (nSPS) is 21.0. The molecule has 1 saturated carbocycles. The van der Waals surface area contributed by atoms with Crippen LogP contribution in [0.1, 0.15) is 52.4 Å². The van der Waals surface area contributed by atoms with Crippen LogP contribution < -0.4 is 5.73 Å². The number of hydrogen-bond acceptors (Lipinski definition) is 3. The van der Waals surface area contributed by atoms with E-state index in [1.54, 1.807) is 7.11 Å². The van der Waals surface area contributed by atoms with E-state index in [2.05, 4.69) is 13.8 Å². The highest BCUT2D eigenvalue weighted by Gasteiger charge is 2.31. The zero-order chi connectivity index (χ0) is 12.1. The fourth-order valence-corrected chi connectivity index (χ4v) is 2.22. The first-order valence-corrected chi connectivity index (χ1v) is 6.43. The van der Waals surface area contributed by atoms with Gasteiger partial charge in [-0.15, -0.1) is 0 Å². The highest BCUT2D eigenvalue weighted by molar-refractivity contribution is 4.85. The number of methoxy groups -OCH3 is 1. The molecular formula is C13H27NO2. The van der Waals surface area contributed by atoms with Crippen LogP contribution in [0.15, 0.2) is 0 Å². The van der Waals surface area contributed by atoms with Crippen LogP contribution in [0.2, 0.25) is 0 Å². The fourth-order valence-electron chi connectivity index (χ4n) is 2.22. The van der Waals surface area contributed by atoms with Gasteiger partial charge in [0.25, 0.3) is 0 Å². The number of ether oxygens (including phenoxy) is 2. The van der Waals surface area contributed by atoms with E-state index in [9.17, 15) is 0 Å². The van der Waals surface area contributed by atoms with Crippen molar-refractivity contribution in [3.05, 3.63) is 0 Å². The molecule has 0 spiro atoms. The molecule has 0 amide bonds. The maximum absolute atomic E-state index is 6.05. The molecule has 0 bridgehead atoms. The Balaban J connectivity index is 2.33. The highest BCUT2D eigenvalue weighted by Crippen LogP contribution is 2.31. The molecule has 1 aliphatic rings. The molecular weight excluding hydrogens is 202 g/mol. The van der Waals surface area contributed by atoms with Crippen molar-refractivity contribution in [2.45, 2.75) is 63.6 Å². The summed E-state index contributed by atoms with van der Waals surface area (Å²) in [6.45, 7) is 5.58. The van der Waals surface area contributed by atoms with Crippen LogP contribution in [0, 0.1) is 0 Å². The Morgan fingerprint density at radius 3 is 2.31 bits per heavy atom. The lowest BCUT2D eigenvalue weighted by atomic mass is 9.84. The molecule has 96 valence electrons. The second-order valence-corrected chi connectivity index (χ2v) is 5.51. The van der Waals surface area contributed by atoms with Crippen LogP contribution in [-0.4, -0.2) is 31.5 Å². The van der Waals surface area contributed by atoms with Gasteiger partial charge in [0.1, 0.15) is 0 Å². The molecule has 0 aromatic carbocycles. The maximum Gasteiger partial charge on any atom is 0.0804 e. The second-order valence-electron chi connectivity index (χ2n) is 5.51. The molecule has 0 saturated heterocycles. The Kier molecular flexibility index (Phi) is 5.22. The minimum atomic E-state index is -0.0928. The van der Waals surface area contributed by atoms with Gasteiger partial charge in [-0.2, -0.15) is 0 Å². The molecule has 16 heavy (non-hydrogen) atoms. The summed E-state index contributed by atoms with van der Waals surface area (Å²) in [5.41, 5.74) is 5.73. The second kappa shape index (κ2) is 5.99. The van der Waals surface area contributed by atoms with Crippen LogP contribution in [0.5, 0.6) is 0 Å². The summed E-state index contributed by atoms with van der Waals surface area (Å²) in [7, 11) is 1.75. The summed E-state index contributed by atoms with van der Waals surface area (Å²) in [6, 6.07) is 0. The molecule has 0 heterocycles. The van der Waals surface area contributed by atoms with E-state index in [1.807, 2.05) is 0 Å². The molecule has 1 rings (SSSR count). The number of nitrogens with two attached hydrogens (primary N) is 1. The van der Waals surface area contributed by atoms with Crippen LogP contribution in [-0.2, 0) is 9.47 Å². The fraction of sp³-hybridized carbons (Fsp3) is 1.00. The smallest absolute Gasteiger partial charge is 0.0804 e. The van der Waals surface area contributed by atoms with Gasteiger partial charge in [0.2, 0.25) is 0 Å². The van der Waals surface area contributed by atoms with Gasteiger partial charge >= 0.3 is 0 Å². The first-order chi connectivity index (χ1) is 7.54. The molecule has 1 aliphatic carbocycles. The molecule has 0 atom stereocenters. The standard InChI is InChI=1S/C13H27NO2/c1-12(2,15-3)9-10-16-13(11-14)7-5-4-6-8-13/h4-11,14H2,1-3H3. The van der Waals surface area contributed by atoms with Gasteiger partial charge in [0.15, 0.2) is 0 Å². The van der Waals surface area contributed by atoms with E-state index >= 15 is 0 Å². The lowest BCUT2D eigenvalue weighted by Crippen LogP contribution is -2.43. The monoisotopic (exact) mass is 229 g/mol. The van der Waals surface area contributed by atoms with E-state index in [0.29, 0.717) is 6.54 Å². The first-order valence-electron chi connectivity index (χ1n) is 6.43. The van der Waals surface area contributed by atoms with Gasteiger partial charge in [-0.05, 0) is 33.1 Å². The largest absolute Gasteiger partial charge is 0.379 e. The summed E-state index contributed by atoms with van der Waals surface area (Å²) in [4.78, 5) is 0. The summed E-state index contributed by atoms with van der Waals surface area (Å²) in [5, 5.41) is 0. The first kappa shape index (κ1) is 13.9. The van der Waals surface area contributed by atoms with Crippen molar-refractivity contribution in [1.82, 2.24) is 0 Å². The van der Waals surface area contributed by atoms with E-state index in [-0.39, 0.29) is 11.2 Å². The zero-order valence-corrected chi connectivity index (χ0v) is 11.1. The Morgan fingerprint density at radius 2 is 1.81 bits per heavy atom. The molecule has 3 heteroatoms. The maximum atomic E-state index is 6.05. The van der Waals surface area contributed by atoms with Gasteiger partial charge in [0, 0.05) is 13.7 Å². The van der Waals surface area contributed by atoms with E-state index < -0.39 is 0 Å². The van der Waals surface area contributed by atoms with Crippen LogP contribution in [0.3, 0.4) is 0 Å². The predicted molar refractivity (Wildman–Crippen MR) is 66.5 cm³/mol. The SMILES string of the molecule is COC(C)(C)CCOC1(CN)CCCCC1. The Morgan fingerprint density at radius 1 is 1.19 bits per heavy atom. The van der Waals surface area contributed by atoms with Gasteiger partial charge < -0.3 is 15.2 Å². The highest BCUT2D eigenvalue weighted by atomic mass is 16.5.